The Kier molecular flexibility index (Phi) is 4.58. The minimum absolute atomic E-state index is 0.000865. The van der Waals surface area contributed by atoms with Gasteiger partial charge in [0.1, 0.15) is 0 Å². The Labute approximate surface area is 98.3 Å². The number of nitrogens with zero attached hydrogens (tertiary/aromatic N) is 2. The van der Waals surface area contributed by atoms with E-state index in [-0.39, 0.29) is 18.7 Å². The average Bonchev–Trinajstić information content (AvgIpc) is 2.30. The van der Waals surface area contributed by atoms with Crippen molar-refractivity contribution in [3.8, 4) is 6.07 Å². The second kappa shape index (κ2) is 5.94. The lowest BCUT2D eigenvalue weighted by Gasteiger charge is -2.15. The molecule has 0 bridgehead atoms. The number of rotatable bonds is 4. The summed E-state index contributed by atoms with van der Waals surface area (Å²) < 4.78 is 25.5. The monoisotopic (exact) mass is 238 g/mol. The topological polar surface area (TPSA) is 44.1 Å². The zero-order chi connectivity index (χ0) is 12.8. The number of likely N-dealkylation sites (N-methyl/N-ethyl adjacent to an activating group) is 1. The van der Waals surface area contributed by atoms with E-state index < -0.39 is 11.6 Å². The van der Waals surface area contributed by atoms with Crippen molar-refractivity contribution in [1.82, 2.24) is 4.90 Å². The quantitative estimate of drug-likeness (QED) is 0.803. The second-order valence-electron chi connectivity index (χ2n) is 3.65. The van der Waals surface area contributed by atoms with Crippen LogP contribution in [0, 0.1) is 23.0 Å². The molecule has 0 saturated carbocycles. The highest BCUT2D eigenvalue weighted by Crippen LogP contribution is 2.10. The minimum atomic E-state index is -0.963. The first kappa shape index (κ1) is 13.1. The molecule has 0 saturated heterocycles. The zero-order valence-electron chi connectivity index (χ0n) is 9.41. The lowest BCUT2D eigenvalue weighted by atomic mass is 10.1. The molecule has 0 atom stereocenters. The summed E-state index contributed by atoms with van der Waals surface area (Å²) in [4.78, 5) is 13.0. The van der Waals surface area contributed by atoms with Crippen LogP contribution in [0.1, 0.15) is 12.0 Å². The predicted molar refractivity (Wildman–Crippen MR) is 57.9 cm³/mol. The van der Waals surface area contributed by atoms with E-state index in [1.165, 1.54) is 11.0 Å². The molecule has 1 rings (SSSR count). The first-order valence-electron chi connectivity index (χ1n) is 5.09. The first-order valence-corrected chi connectivity index (χ1v) is 5.09. The standard InChI is InChI=1S/C12H12F2N2O/c1-16(6-2-5-15)12(17)8-9-3-4-10(13)11(14)7-9/h3-4,7H,2,6,8H2,1H3. The third-order valence-corrected chi connectivity index (χ3v) is 2.32. The summed E-state index contributed by atoms with van der Waals surface area (Å²) >= 11 is 0. The highest BCUT2D eigenvalue weighted by Gasteiger charge is 2.10. The van der Waals surface area contributed by atoms with Crippen LogP contribution < -0.4 is 0 Å². The highest BCUT2D eigenvalue weighted by atomic mass is 19.2. The van der Waals surface area contributed by atoms with Crippen molar-refractivity contribution in [2.24, 2.45) is 0 Å². The molecule has 1 aromatic carbocycles. The lowest BCUT2D eigenvalue weighted by Crippen LogP contribution is -2.29. The van der Waals surface area contributed by atoms with Crippen LogP contribution in [0.3, 0.4) is 0 Å². The SMILES string of the molecule is CN(CCC#N)C(=O)Cc1ccc(F)c(F)c1. The fourth-order valence-electron chi connectivity index (χ4n) is 1.30. The summed E-state index contributed by atoms with van der Waals surface area (Å²) in [6.45, 7) is 0.332. The van der Waals surface area contributed by atoms with Crippen LogP contribution in [0.4, 0.5) is 8.78 Å². The van der Waals surface area contributed by atoms with Crippen LogP contribution >= 0.6 is 0 Å². The number of hydrogen-bond donors (Lipinski definition) is 0. The normalized spacial score (nSPS) is 9.76. The van der Waals surface area contributed by atoms with Crippen LogP contribution in [0.5, 0.6) is 0 Å². The molecule has 5 heteroatoms. The van der Waals surface area contributed by atoms with Gasteiger partial charge in [-0.1, -0.05) is 6.07 Å². The summed E-state index contributed by atoms with van der Waals surface area (Å²) in [7, 11) is 1.57. The van der Waals surface area contributed by atoms with Gasteiger partial charge >= 0.3 is 0 Å². The van der Waals surface area contributed by atoms with Crippen molar-refractivity contribution in [1.29, 1.82) is 5.26 Å². The van der Waals surface area contributed by atoms with Gasteiger partial charge in [0.05, 0.1) is 18.9 Å². The molecule has 0 aliphatic heterocycles. The molecule has 0 heterocycles. The number of benzene rings is 1. The fraction of sp³-hybridized carbons (Fsp3) is 0.333. The molecule has 1 aromatic rings. The Morgan fingerprint density at radius 2 is 2.12 bits per heavy atom. The molecule has 0 N–H and O–H groups in total. The summed E-state index contributed by atoms with van der Waals surface area (Å²) in [6, 6.07) is 5.30. The van der Waals surface area contributed by atoms with Crippen molar-refractivity contribution in [2.45, 2.75) is 12.8 Å². The maximum absolute atomic E-state index is 12.9. The number of carbonyl (C=O) groups excluding carboxylic acids is 1. The molecule has 1 amide bonds. The van der Waals surface area contributed by atoms with E-state index in [4.69, 9.17) is 5.26 Å². The largest absolute Gasteiger partial charge is 0.344 e. The molecule has 0 aliphatic rings. The highest BCUT2D eigenvalue weighted by molar-refractivity contribution is 5.78. The van der Waals surface area contributed by atoms with Gasteiger partial charge in [-0.3, -0.25) is 4.79 Å². The van der Waals surface area contributed by atoms with E-state index in [0.717, 1.165) is 12.1 Å². The third-order valence-electron chi connectivity index (χ3n) is 2.32. The molecular weight excluding hydrogens is 226 g/mol. The third kappa shape index (κ3) is 3.83. The number of halogens is 2. The van der Waals surface area contributed by atoms with Gasteiger partial charge < -0.3 is 4.90 Å². The van der Waals surface area contributed by atoms with Gasteiger partial charge in [-0.25, -0.2) is 8.78 Å². The molecular formula is C12H12F2N2O. The first-order chi connectivity index (χ1) is 8.04. The molecule has 3 nitrogen and oxygen atoms in total. The van der Waals surface area contributed by atoms with Crippen LogP contribution in [0.25, 0.3) is 0 Å². The summed E-state index contributed by atoms with van der Waals surface area (Å²) in [5.41, 5.74) is 0.415. The maximum atomic E-state index is 12.9. The minimum Gasteiger partial charge on any atom is -0.344 e. The van der Waals surface area contributed by atoms with E-state index >= 15 is 0 Å². The van der Waals surface area contributed by atoms with Gasteiger partial charge in [0.25, 0.3) is 0 Å². The smallest absolute Gasteiger partial charge is 0.226 e. The second-order valence-corrected chi connectivity index (χ2v) is 3.65. The van der Waals surface area contributed by atoms with Gasteiger partial charge in [0.15, 0.2) is 11.6 Å². The van der Waals surface area contributed by atoms with E-state index in [2.05, 4.69) is 0 Å². The van der Waals surface area contributed by atoms with Gasteiger partial charge in [-0.05, 0) is 17.7 Å². The molecule has 0 radical (unpaired) electrons. The van der Waals surface area contributed by atoms with Crippen LogP contribution in [0.2, 0.25) is 0 Å². The van der Waals surface area contributed by atoms with Crippen LogP contribution in [-0.4, -0.2) is 24.4 Å². The van der Waals surface area contributed by atoms with Crippen molar-refractivity contribution in [2.75, 3.05) is 13.6 Å². The van der Waals surface area contributed by atoms with Gasteiger partial charge in [-0.15, -0.1) is 0 Å². The number of hydrogen-bond acceptors (Lipinski definition) is 2. The fourth-order valence-corrected chi connectivity index (χ4v) is 1.30. The van der Waals surface area contributed by atoms with Gasteiger partial charge in [0, 0.05) is 13.6 Å². The molecule has 0 unspecified atom stereocenters. The Hall–Kier alpha value is -1.96. The summed E-state index contributed by atoms with van der Waals surface area (Å²) in [5, 5.41) is 8.37. The number of carbonyl (C=O) groups is 1. The average molecular weight is 238 g/mol. The Morgan fingerprint density at radius 1 is 1.41 bits per heavy atom. The van der Waals surface area contributed by atoms with Gasteiger partial charge in [-0.2, -0.15) is 5.26 Å². The summed E-state index contributed by atoms with van der Waals surface area (Å²) in [5.74, 6) is -2.12. The van der Waals surface area contributed by atoms with Crippen molar-refractivity contribution in [3.63, 3.8) is 0 Å². The van der Waals surface area contributed by atoms with E-state index in [1.807, 2.05) is 6.07 Å². The van der Waals surface area contributed by atoms with Gasteiger partial charge in [0.2, 0.25) is 5.91 Å². The van der Waals surface area contributed by atoms with E-state index in [1.54, 1.807) is 7.05 Å². The molecule has 17 heavy (non-hydrogen) atoms. The molecule has 0 aromatic heterocycles. The number of nitriles is 1. The maximum Gasteiger partial charge on any atom is 0.226 e. The Balaban J connectivity index is 2.62. The number of amides is 1. The van der Waals surface area contributed by atoms with Crippen molar-refractivity contribution in [3.05, 3.63) is 35.4 Å². The zero-order valence-corrected chi connectivity index (χ0v) is 9.41. The summed E-state index contributed by atoms with van der Waals surface area (Å²) in [6.07, 6.45) is 0.249. The lowest BCUT2D eigenvalue weighted by molar-refractivity contribution is -0.129. The van der Waals surface area contributed by atoms with E-state index in [9.17, 15) is 13.6 Å². The van der Waals surface area contributed by atoms with Crippen LogP contribution in [0.15, 0.2) is 18.2 Å². The van der Waals surface area contributed by atoms with Crippen LogP contribution in [-0.2, 0) is 11.2 Å². The molecule has 90 valence electrons. The predicted octanol–water partition coefficient (Wildman–Crippen LogP) is 1.88. The van der Waals surface area contributed by atoms with E-state index in [0.29, 0.717) is 12.1 Å². The van der Waals surface area contributed by atoms with Crippen molar-refractivity contribution >= 4 is 5.91 Å². The Morgan fingerprint density at radius 3 is 2.71 bits per heavy atom. The molecule has 0 spiro atoms. The Bertz CT molecular complexity index is 454. The molecule has 0 aliphatic carbocycles. The van der Waals surface area contributed by atoms with Crippen molar-refractivity contribution < 1.29 is 13.6 Å². The molecule has 0 fully saturated rings.